The van der Waals surface area contributed by atoms with E-state index in [0.717, 1.165) is 0 Å². The van der Waals surface area contributed by atoms with Gasteiger partial charge < -0.3 is 15.7 Å². The molecular formula is C11H13N3O2. The second-order valence-corrected chi connectivity index (χ2v) is 3.44. The molecule has 0 aromatic heterocycles. The number of carbonyl (C=O) groups excluding carboxylic acids is 1. The van der Waals surface area contributed by atoms with Crippen LogP contribution in [0.15, 0.2) is 18.2 Å². The molecule has 0 aliphatic carbocycles. The van der Waals surface area contributed by atoms with Gasteiger partial charge >= 0.3 is 0 Å². The molecule has 3 N–H and O–H groups in total. The zero-order valence-electron chi connectivity index (χ0n) is 8.97. The molecule has 0 spiro atoms. The smallest absolute Gasteiger partial charge is 0.236 e. The van der Waals surface area contributed by atoms with E-state index in [4.69, 9.17) is 16.1 Å². The first kappa shape index (κ1) is 12.0. The largest absolute Gasteiger partial charge is 0.392 e. The Bertz CT molecular complexity index is 437. The minimum Gasteiger partial charge on any atom is -0.392 e. The standard InChI is InChI=1S/C11H13N3O2/c1-14(6-11(13)16)10-3-2-8(7-15)4-9(10)5-12/h2-4,15H,6-7H2,1H3,(H2,13,16). The van der Waals surface area contributed by atoms with Gasteiger partial charge in [0.2, 0.25) is 5.91 Å². The maximum Gasteiger partial charge on any atom is 0.236 e. The summed E-state index contributed by atoms with van der Waals surface area (Å²) in [6.45, 7) is -0.0678. The monoisotopic (exact) mass is 219 g/mol. The Morgan fingerprint density at radius 1 is 1.62 bits per heavy atom. The van der Waals surface area contributed by atoms with Crippen molar-refractivity contribution in [2.45, 2.75) is 6.61 Å². The lowest BCUT2D eigenvalue weighted by Crippen LogP contribution is -2.30. The minimum absolute atomic E-state index is 0.0488. The molecule has 84 valence electrons. The number of anilines is 1. The average Bonchev–Trinajstić information content (AvgIpc) is 2.27. The van der Waals surface area contributed by atoms with Crippen molar-refractivity contribution in [1.82, 2.24) is 0 Å². The molecule has 0 fully saturated rings. The highest BCUT2D eigenvalue weighted by molar-refractivity contribution is 5.80. The average molecular weight is 219 g/mol. The van der Waals surface area contributed by atoms with Gasteiger partial charge in [0.05, 0.1) is 24.4 Å². The van der Waals surface area contributed by atoms with E-state index in [9.17, 15) is 4.79 Å². The van der Waals surface area contributed by atoms with Gasteiger partial charge in [-0.2, -0.15) is 5.26 Å². The van der Waals surface area contributed by atoms with E-state index in [1.807, 2.05) is 6.07 Å². The number of amides is 1. The van der Waals surface area contributed by atoms with E-state index >= 15 is 0 Å². The van der Waals surface area contributed by atoms with Crippen LogP contribution in [0.4, 0.5) is 5.69 Å². The lowest BCUT2D eigenvalue weighted by atomic mass is 10.1. The molecule has 0 atom stereocenters. The van der Waals surface area contributed by atoms with Crippen molar-refractivity contribution in [2.24, 2.45) is 5.73 Å². The summed E-state index contributed by atoms with van der Waals surface area (Å²) >= 11 is 0. The fourth-order valence-corrected chi connectivity index (χ4v) is 1.42. The van der Waals surface area contributed by atoms with Crippen LogP contribution in [0.1, 0.15) is 11.1 Å². The fraction of sp³-hybridized carbons (Fsp3) is 0.273. The van der Waals surface area contributed by atoms with E-state index < -0.39 is 5.91 Å². The van der Waals surface area contributed by atoms with Gasteiger partial charge in [0.1, 0.15) is 6.07 Å². The molecule has 1 aromatic carbocycles. The van der Waals surface area contributed by atoms with Gasteiger partial charge in [-0.15, -0.1) is 0 Å². The van der Waals surface area contributed by atoms with Gasteiger partial charge in [-0.1, -0.05) is 6.07 Å². The highest BCUT2D eigenvalue weighted by Gasteiger charge is 2.09. The Kier molecular flexibility index (Phi) is 3.86. The van der Waals surface area contributed by atoms with Crippen LogP contribution in [0.2, 0.25) is 0 Å². The number of hydrogen-bond acceptors (Lipinski definition) is 4. The summed E-state index contributed by atoms with van der Waals surface area (Å²) < 4.78 is 0. The van der Waals surface area contributed by atoms with Crippen LogP contribution in [0.25, 0.3) is 0 Å². The Morgan fingerprint density at radius 3 is 2.81 bits per heavy atom. The quantitative estimate of drug-likeness (QED) is 0.744. The van der Waals surface area contributed by atoms with Crippen LogP contribution in [-0.4, -0.2) is 24.6 Å². The molecule has 5 heteroatoms. The summed E-state index contributed by atoms with van der Waals surface area (Å²) in [6.07, 6.45) is 0. The molecule has 1 aromatic rings. The summed E-state index contributed by atoms with van der Waals surface area (Å²) in [7, 11) is 1.68. The van der Waals surface area contributed by atoms with Crippen molar-refractivity contribution >= 4 is 11.6 Å². The van der Waals surface area contributed by atoms with Crippen LogP contribution >= 0.6 is 0 Å². The Morgan fingerprint density at radius 2 is 2.31 bits per heavy atom. The summed E-state index contributed by atoms with van der Waals surface area (Å²) in [5.41, 5.74) is 6.77. The molecule has 5 nitrogen and oxygen atoms in total. The number of nitriles is 1. The Balaban J connectivity index is 3.04. The summed E-state index contributed by atoms with van der Waals surface area (Å²) in [5.74, 6) is -0.461. The summed E-state index contributed by atoms with van der Waals surface area (Å²) in [5, 5.41) is 17.9. The third kappa shape index (κ3) is 2.72. The van der Waals surface area contributed by atoms with E-state index in [1.165, 1.54) is 0 Å². The van der Waals surface area contributed by atoms with Gasteiger partial charge in [-0.25, -0.2) is 0 Å². The predicted octanol–water partition coefficient (Wildman–Crippen LogP) is -0.0279. The number of primary amides is 1. The van der Waals surface area contributed by atoms with Crippen LogP contribution in [0.3, 0.4) is 0 Å². The molecule has 0 saturated carbocycles. The van der Waals surface area contributed by atoms with Gasteiger partial charge in [0.15, 0.2) is 0 Å². The predicted molar refractivity (Wildman–Crippen MR) is 59.5 cm³/mol. The lowest BCUT2D eigenvalue weighted by molar-refractivity contribution is -0.116. The first-order valence-electron chi connectivity index (χ1n) is 4.71. The van der Waals surface area contributed by atoms with Gasteiger partial charge in [-0.3, -0.25) is 4.79 Å². The highest BCUT2D eigenvalue weighted by Crippen LogP contribution is 2.20. The number of hydrogen-bond donors (Lipinski definition) is 2. The number of nitrogens with two attached hydrogens (primary N) is 1. The molecule has 0 heterocycles. The Labute approximate surface area is 93.7 Å². The van der Waals surface area contributed by atoms with Gasteiger partial charge in [0.25, 0.3) is 0 Å². The number of rotatable bonds is 4. The zero-order valence-corrected chi connectivity index (χ0v) is 8.97. The Hall–Kier alpha value is -2.06. The van der Waals surface area contributed by atoms with Crippen molar-refractivity contribution in [1.29, 1.82) is 5.26 Å². The number of likely N-dealkylation sites (N-methyl/N-ethyl adjacent to an activating group) is 1. The molecule has 0 unspecified atom stereocenters. The topological polar surface area (TPSA) is 90.3 Å². The molecule has 1 rings (SSSR count). The number of benzene rings is 1. The van der Waals surface area contributed by atoms with Gasteiger partial charge in [0, 0.05) is 7.05 Å². The number of aliphatic hydroxyl groups is 1. The van der Waals surface area contributed by atoms with Crippen LogP contribution in [0.5, 0.6) is 0 Å². The summed E-state index contributed by atoms with van der Waals surface area (Å²) in [4.78, 5) is 12.4. The number of aliphatic hydroxyl groups excluding tert-OH is 1. The summed E-state index contributed by atoms with van der Waals surface area (Å²) in [6, 6.07) is 7.00. The highest BCUT2D eigenvalue weighted by atomic mass is 16.3. The molecule has 0 aliphatic rings. The zero-order chi connectivity index (χ0) is 12.1. The molecule has 16 heavy (non-hydrogen) atoms. The molecule has 0 saturated heterocycles. The van der Waals surface area contributed by atoms with Gasteiger partial charge in [-0.05, 0) is 17.7 Å². The van der Waals surface area contributed by atoms with E-state index in [1.54, 1.807) is 30.1 Å². The van der Waals surface area contributed by atoms with Crippen LogP contribution in [0, 0.1) is 11.3 Å². The van der Waals surface area contributed by atoms with Crippen LogP contribution in [-0.2, 0) is 11.4 Å². The third-order valence-corrected chi connectivity index (χ3v) is 2.17. The second kappa shape index (κ2) is 5.14. The van der Waals surface area contributed by atoms with Crippen molar-refractivity contribution in [3.05, 3.63) is 29.3 Å². The third-order valence-electron chi connectivity index (χ3n) is 2.17. The SMILES string of the molecule is CN(CC(N)=O)c1ccc(CO)cc1C#N. The molecule has 0 aliphatic heterocycles. The first-order valence-corrected chi connectivity index (χ1v) is 4.71. The van der Waals surface area contributed by atoms with Crippen molar-refractivity contribution in [3.63, 3.8) is 0 Å². The van der Waals surface area contributed by atoms with E-state index in [-0.39, 0.29) is 13.2 Å². The van der Waals surface area contributed by atoms with Crippen molar-refractivity contribution in [3.8, 4) is 6.07 Å². The van der Waals surface area contributed by atoms with Crippen molar-refractivity contribution < 1.29 is 9.90 Å². The molecule has 1 amide bonds. The minimum atomic E-state index is -0.461. The van der Waals surface area contributed by atoms with Crippen LogP contribution < -0.4 is 10.6 Å². The maximum atomic E-state index is 10.8. The fourth-order valence-electron chi connectivity index (χ4n) is 1.42. The molecule has 0 bridgehead atoms. The molecular weight excluding hydrogens is 206 g/mol. The normalized spacial score (nSPS) is 9.56. The van der Waals surface area contributed by atoms with Crippen molar-refractivity contribution in [2.75, 3.05) is 18.5 Å². The molecule has 0 radical (unpaired) electrons. The lowest BCUT2D eigenvalue weighted by Gasteiger charge is -2.18. The number of carbonyl (C=O) groups is 1. The maximum absolute atomic E-state index is 10.8. The van der Waals surface area contributed by atoms with E-state index in [0.29, 0.717) is 16.8 Å². The van der Waals surface area contributed by atoms with E-state index in [2.05, 4.69) is 0 Å². The second-order valence-electron chi connectivity index (χ2n) is 3.44. The first-order chi connectivity index (χ1) is 7.58. The number of nitrogens with zero attached hydrogens (tertiary/aromatic N) is 2.